The number of nitrogens with one attached hydrogen (secondary N) is 3. The zero-order valence-electron chi connectivity index (χ0n) is 31.8. The summed E-state index contributed by atoms with van der Waals surface area (Å²) in [6.45, 7) is 4.89. The summed E-state index contributed by atoms with van der Waals surface area (Å²) in [7, 11) is -4.30. The second-order valence-corrected chi connectivity index (χ2v) is 18.5. The van der Waals surface area contributed by atoms with Crippen LogP contribution >= 0.6 is 23.2 Å². The molecule has 3 N–H and O–H groups in total. The summed E-state index contributed by atoms with van der Waals surface area (Å²) in [6, 6.07) is 6.44. The van der Waals surface area contributed by atoms with Gasteiger partial charge in [-0.15, -0.1) is 0 Å². The number of ether oxygens (including phenoxy) is 2. The molecule has 2 fully saturated rings. The molecule has 0 unspecified atom stereocenters. The van der Waals surface area contributed by atoms with Crippen molar-refractivity contribution in [3.8, 4) is 0 Å². The van der Waals surface area contributed by atoms with E-state index < -0.39 is 86.7 Å². The number of sulfonamides is 1. The van der Waals surface area contributed by atoms with Crippen molar-refractivity contribution in [1.29, 1.82) is 0 Å². The zero-order chi connectivity index (χ0) is 41.3. The first-order valence-electron chi connectivity index (χ1n) is 18.8. The number of halogens is 3. The van der Waals surface area contributed by atoms with Gasteiger partial charge in [0.2, 0.25) is 21.8 Å². The van der Waals surface area contributed by atoms with Gasteiger partial charge in [-0.2, -0.15) is 0 Å². The number of rotatable bonds is 6. The Morgan fingerprint density at radius 2 is 1.82 bits per heavy atom. The van der Waals surface area contributed by atoms with Crippen LogP contribution in [0.15, 0.2) is 48.6 Å². The zero-order valence-corrected chi connectivity index (χ0v) is 34.1. The molecule has 2 aromatic rings. The highest BCUT2D eigenvalue weighted by molar-refractivity contribution is 7.89. The Hall–Kier alpha value is -4.41. The molecule has 1 aliphatic carbocycles. The summed E-state index contributed by atoms with van der Waals surface area (Å²) in [5.74, 6) is -3.98. The maximum absolute atomic E-state index is 14.5. The molecule has 6 rings (SSSR count). The quantitative estimate of drug-likeness (QED) is 0.317. The number of hydrogen-bond acceptors (Lipinski definition) is 9. The number of amides is 5. The molecule has 4 aliphatic rings. The average molecular weight is 851 g/mol. The Kier molecular flexibility index (Phi) is 12.5. The average Bonchev–Trinajstić information content (AvgIpc) is 3.40. The van der Waals surface area contributed by atoms with Crippen LogP contribution in [0.4, 0.5) is 14.0 Å². The maximum atomic E-state index is 14.5. The first-order chi connectivity index (χ1) is 26.8. The Morgan fingerprint density at radius 3 is 2.54 bits per heavy atom. The second kappa shape index (κ2) is 16.8. The van der Waals surface area contributed by atoms with Crippen molar-refractivity contribution < 1.29 is 46.3 Å². The molecular formula is C39H46Cl2FN5O9S. The van der Waals surface area contributed by atoms with Gasteiger partial charge in [0.15, 0.2) is 0 Å². The lowest BCUT2D eigenvalue weighted by Gasteiger charge is -2.30. The summed E-state index contributed by atoms with van der Waals surface area (Å²) in [5, 5.41) is 5.79. The molecule has 3 heterocycles. The predicted molar refractivity (Wildman–Crippen MR) is 208 cm³/mol. The van der Waals surface area contributed by atoms with Crippen LogP contribution in [0, 0.1) is 11.7 Å². The molecule has 5 amide bonds. The number of benzene rings is 2. The van der Waals surface area contributed by atoms with E-state index in [1.807, 2.05) is 6.08 Å². The number of allylic oxidation sites excluding steroid dienone is 1. The van der Waals surface area contributed by atoms with Gasteiger partial charge in [0.05, 0.1) is 28.9 Å². The molecule has 1 saturated heterocycles. The maximum Gasteiger partial charge on any atom is 0.410 e. The van der Waals surface area contributed by atoms with E-state index >= 15 is 0 Å². The first-order valence-corrected chi connectivity index (χ1v) is 21.2. The number of fused-ring (bicyclic) bond motifs is 3. The van der Waals surface area contributed by atoms with Gasteiger partial charge < -0.3 is 25.0 Å². The number of hydrogen-bond donors (Lipinski definition) is 3. The second-order valence-electron chi connectivity index (χ2n) is 16.0. The van der Waals surface area contributed by atoms with E-state index in [1.54, 1.807) is 39.0 Å². The number of carbonyl (C=O) groups excluding carboxylic acids is 5. The fourth-order valence-electron chi connectivity index (χ4n) is 7.46. The van der Waals surface area contributed by atoms with E-state index in [9.17, 15) is 36.8 Å². The lowest BCUT2D eigenvalue weighted by molar-refractivity contribution is -0.141. The van der Waals surface area contributed by atoms with Gasteiger partial charge in [0.1, 0.15) is 35.1 Å². The Morgan fingerprint density at radius 1 is 1.05 bits per heavy atom. The van der Waals surface area contributed by atoms with Crippen molar-refractivity contribution in [2.24, 2.45) is 5.92 Å². The molecular weight excluding hydrogens is 804 g/mol. The van der Waals surface area contributed by atoms with Crippen LogP contribution in [0.5, 0.6) is 0 Å². The monoisotopic (exact) mass is 849 g/mol. The van der Waals surface area contributed by atoms with Gasteiger partial charge in [-0.3, -0.25) is 24.0 Å². The van der Waals surface area contributed by atoms with Gasteiger partial charge in [0, 0.05) is 24.4 Å². The highest BCUT2D eigenvalue weighted by Gasteiger charge is 2.61. The third kappa shape index (κ3) is 10.2. The SMILES string of the molecule is CC(C)(C)OC(=O)N[C@H]1CCCCC/C=C\[C@@H]2C[C@@]2(C(=O)NS(=O)(=O)Cc2ccc(Cl)c(Cl)c2)NC(=O)[C@@H]2C[C@@H](OC(=O)N3Cc4cccc(F)c4C3)CN2C1=O. The van der Waals surface area contributed by atoms with Gasteiger partial charge in [0.25, 0.3) is 5.91 Å². The number of carbonyl (C=O) groups is 5. The van der Waals surface area contributed by atoms with Crippen molar-refractivity contribution in [2.75, 3.05) is 6.54 Å². The lowest BCUT2D eigenvalue weighted by Crippen LogP contribution is -2.58. The third-order valence-corrected chi connectivity index (χ3v) is 12.3. The Bertz CT molecular complexity index is 2080. The molecule has 14 nitrogen and oxygen atoms in total. The van der Waals surface area contributed by atoms with Gasteiger partial charge >= 0.3 is 12.2 Å². The predicted octanol–water partition coefficient (Wildman–Crippen LogP) is 5.49. The van der Waals surface area contributed by atoms with Crippen LogP contribution in [0.3, 0.4) is 0 Å². The molecule has 57 heavy (non-hydrogen) atoms. The highest BCUT2D eigenvalue weighted by Crippen LogP contribution is 2.46. The van der Waals surface area contributed by atoms with Crippen LogP contribution in [0.2, 0.25) is 10.0 Å². The minimum absolute atomic E-state index is 0.0253. The van der Waals surface area contributed by atoms with Crippen LogP contribution in [-0.2, 0) is 52.7 Å². The van der Waals surface area contributed by atoms with E-state index in [2.05, 4.69) is 15.4 Å². The molecule has 0 aromatic heterocycles. The lowest BCUT2D eigenvalue weighted by atomic mass is 10.0. The fraction of sp³-hybridized carbons (Fsp3) is 0.513. The van der Waals surface area contributed by atoms with Crippen molar-refractivity contribution in [1.82, 2.24) is 25.2 Å². The van der Waals surface area contributed by atoms with Gasteiger partial charge in [-0.25, -0.2) is 22.4 Å². The molecule has 18 heteroatoms. The largest absolute Gasteiger partial charge is 0.444 e. The van der Waals surface area contributed by atoms with Crippen molar-refractivity contribution >= 4 is 63.1 Å². The summed E-state index contributed by atoms with van der Waals surface area (Å²) in [6.07, 6.45) is 3.74. The first kappa shape index (κ1) is 42.2. The van der Waals surface area contributed by atoms with Crippen LogP contribution in [-0.4, -0.2) is 84.0 Å². The number of alkyl carbamates (subject to hydrolysis) is 1. The van der Waals surface area contributed by atoms with E-state index in [0.717, 1.165) is 6.42 Å². The van der Waals surface area contributed by atoms with E-state index in [1.165, 1.54) is 34.1 Å². The Labute approximate surface area is 340 Å². The minimum Gasteiger partial charge on any atom is -0.444 e. The molecule has 308 valence electrons. The molecule has 0 spiro atoms. The third-order valence-electron chi connectivity index (χ3n) is 10.4. The van der Waals surface area contributed by atoms with Crippen LogP contribution in [0.25, 0.3) is 0 Å². The normalized spacial score (nSPS) is 25.8. The van der Waals surface area contributed by atoms with Gasteiger partial charge in [-0.1, -0.05) is 66.4 Å². The topological polar surface area (TPSA) is 181 Å². The van der Waals surface area contributed by atoms with Crippen molar-refractivity contribution in [3.63, 3.8) is 0 Å². The molecule has 1 saturated carbocycles. The molecule has 5 atom stereocenters. The highest BCUT2D eigenvalue weighted by atomic mass is 35.5. The van der Waals surface area contributed by atoms with E-state index in [4.69, 9.17) is 32.7 Å². The molecule has 2 aromatic carbocycles. The standard InChI is InChI=1S/C39H46Cl2FN5O9S/c1-38(2,3)56-36(51)43-31-13-8-6-4-5-7-11-25-18-39(25,35(50)45-57(53,54)22-23-14-15-28(40)29(41)16-23)44-33(48)32-17-26(20-47(32)34(31)49)55-37(52)46-19-24-10-9-12-30(42)27(24)21-46/h7,9-12,14-16,25-26,31-32H,4-6,8,13,17-22H2,1-3H3,(H,43,51)(H,44,48)(H,45,50)/b11-7-/t25-,26-,31+,32+,39-/m1/s1. The number of nitrogens with zero attached hydrogens (tertiary/aromatic N) is 2. The smallest absolute Gasteiger partial charge is 0.410 e. The molecule has 0 radical (unpaired) electrons. The van der Waals surface area contributed by atoms with Crippen molar-refractivity contribution in [2.45, 2.75) is 114 Å². The summed E-state index contributed by atoms with van der Waals surface area (Å²) < 4.78 is 54.4. The van der Waals surface area contributed by atoms with Crippen molar-refractivity contribution in [3.05, 3.63) is 81.1 Å². The Balaban J connectivity index is 1.25. The van der Waals surface area contributed by atoms with Gasteiger partial charge in [-0.05, 0) is 75.8 Å². The summed E-state index contributed by atoms with van der Waals surface area (Å²) in [4.78, 5) is 71.6. The van der Waals surface area contributed by atoms with Crippen LogP contribution < -0.4 is 15.4 Å². The van der Waals surface area contributed by atoms with E-state index in [0.29, 0.717) is 30.4 Å². The molecule has 3 aliphatic heterocycles. The summed E-state index contributed by atoms with van der Waals surface area (Å²) >= 11 is 12.1. The van der Waals surface area contributed by atoms with E-state index in [-0.39, 0.29) is 54.5 Å². The minimum atomic E-state index is -4.30. The van der Waals surface area contributed by atoms with Crippen LogP contribution in [0.1, 0.15) is 82.4 Å². The molecule has 0 bridgehead atoms. The summed E-state index contributed by atoms with van der Waals surface area (Å²) in [5.41, 5.74) is -1.26. The fourth-order valence-corrected chi connectivity index (χ4v) is 8.94.